The third-order valence-corrected chi connectivity index (χ3v) is 3.02. The van der Waals surface area contributed by atoms with Gasteiger partial charge in [0.25, 0.3) is 5.22 Å². The molecule has 16 heavy (non-hydrogen) atoms. The second kappa shape index (κ2) is 4.67. The predicted molar refractivity (Wildman–Crippen MR) is 59.6 cm³/mol. The van der Waals surface area contributed by atoms with Crippen LogP contribution in [0.1, 0.15) is 18.5 Å². The topological polar surface area (TPSA) is 52.0 Å². The lowest BCUT2D eigenvalue weighted by molar-refractivity contribution is 0.453. The molecule has 0 aliphatic heterocycles. The molecule has 1 aromatic heterocycles. The van der Waals surface area contributed by atoms with Crippen LogP contribution in [0.3, 0.4) is 0 Å². The van der Waals surface area contributed by atoms with E-state index in [1.807, 2.05) is 6.92 Å². The smallest absolute Gasteiger partial charge is 0.260 e. The highest BCUT2D eigenvalue weighted by Crippen LogP contribution is 2.29. The predicted octanol–water partition coefficient (Wildman–Crippen LogP) is 2.98. The Labute approximate surface area is 96.9 Å². The molecule has 2 aromatic rings. The Kier molecular flexibility index (Phi) is 3.26. The van der Waals surface area contributed by atoms with Crippen LogP contribution in [0.25, 0.3) is 0 Å². The second-order valence-corrected chi connectivity index (χ2v) is 4.37. The summed E-state index contributed by atoms with van der Waals surface area (Å²) in [6.07, 6.45) is 2.98. The second-order valence-electron chi connectivity index (χ2n) is 3.38. The molecule has 1 atom stereocenters. The van der Waals surface area contributed by atoms with Gasteiger partial charge in [0.05, 0.1) is 11.1 Å². The molecular formula is C11H11FN2OS. The Bertz CT molecular complexity index is 471. The summed E-state index contributed by atoms with van der Waals surface area (Å²) in [5.74, 6) is -0.307. The fourth-order valence-corrected chi connectivity index (χ4v) is 1.94. The van der Waals surface area contributed by atoms with Crippen molar-refractivity contribution in [1.29, 1.82) is 0 Å². The highest BCUT2D eigenvalue weighted by atomic mass is 32.2. The molecule has 5 heteroatoms. The number of aromatic nitrogens is 1. The van der Waals surface area contributed by atoms with E-state index in [1.165, 1.54) is 18.5 Å². The number of nitrogens with two attached hydrogens (primary N) is 1. The maximum absolute atomic E-state index is 13.7. The van der Waals surface area contributed by atoms with Crippen molar-refractivity contribution in [3.8, 4) is 0 Å². The number of nitrogens with zero attached hydrogens (tertiary/aromatic N) is 1. The zero-order chi connectivity index (χ0) is 11.5. The molecule has 0 bridgehead atoms. The van der Waals surface area contributed by atoms with Crippen LogP contribution in [-0.4, -0.2) is 4.98 Å². The largest absolute Gasteiger partial charge is 0.440 e. The van der Waals surface area contributed by atoms with Gasteiger partial charge in [-0.05, 0) is 36.4 Å². The zero-order valence-electron chi connectivity index (χ0n) is 8.68. The number of benzene rings is 1. The van der Waals surface area contributed by atoms with Crippen molar-refractivity contribution in [3.05, 3.63) is 42.0 Å². The molecule has 0 aliphatic rings. The number of hydrogen-bond donors (Lipinski definition) is 1. The number of halogens is 1. The van der Waals surface area contributed by atoms with Crippen LogP contribution >= 0.6 is 11.8 Å². The van der Waals surface area contributed by atoms with E-state index in [9.17, 15) is 4.39 Å². The molecule has 0 unspecified atom stereocenters. The Morgan fingerprint density at radius 3 is 2.88 bits per heavy atom. The third-order valence-electron chi connectivity index (χ3n) is 2.09. The van der Waals surface area contributed by atoms with E-state index in [0.717, 1.165) is 17.3 Å². The molecule has 0 fully saturated rings. The molecule has 0 spiro atoms. The molecule has 0 radical (unpaired) electrons. The summed E-state index contributed by atoms with van der Waals surface area (Å²) in [5, 5.41) is 0.424. The lowest BCUT2D eigenvalue weighted by Crippen LogP contribution is -2.05. The Hall–Kier alpha value is -1.33. The van der Waals surface area contributed by atoms with Gasteiger partial charge in [0.15, 0.2) is 0 Å². The van der Waals surface area contributed by atoms with E-state index < -0.39 is 0 Å². The van der Waals surface area contributed by atoms with Gasteiger partial charge in [-0.3, -0.25) is 0 Å². The first-order valence-corrected chi connectivity index (χ1v) is 5.61. The Morgan fingerprint density at radius 2 is 2.31 bits per heavy atom. The molecule has 0 aliphatic carbocycles. The van der Waals surface area contributed by atoms with E-state index in [-0.39, 0.29) is 11.9 Å². The molecule has 0 amide bonds. The normalized spacial score (nSPS) is 12.7. The van der Waals surface area contributed by atoms with Gasteiger partial charge in [0.2, 0.25) is 0 Å². The highest BCUT2D eigenvalue weighted by Gasteiger charge is 2.09. The minimum Gasteiger partial charge on any atom is -0.440 e. The average molecular weight is 238 g/mol. The quantitative estimate of drug-likeness (QED) is 0.893. The summed E-state index contributed by atoms with van der Waals surface area (Å²) in [6, 6.07) is 4.76. The zero-order valence-corrected chi connectivity index (χ0v) is 9.50. The lowest BCUT2D eigenvalue weighted by Gasteiger charge is -2.07. The van der Waals surface area contributed by atoms with E-state index in [2.05, 4.69) is 4.98 Å². The molecule has 84 valence electrons. The Balaban J connectivity index is 2.23. The highest BCUT2D eigenvalue weighted by molar-refractivity contribution is 7.99. The molecule has 3 nitrogen and oxygen atoms in total. The first-order valence-electron chi connectivity index (χ1n) is 4.79. The van der Waals surface area contributed by atoms with Gasteiger partial charge in [0, 0.05) is 6.04 Å². The summed E-state index contributed by atoms with van der Waals surface area (Å²) in [7, 11) is 0. The van der Waals surface area contributed by atoms with Gasteiger partial charge in [0.1, 0.15) is 12.1 Å². The van der Waals surface area contributed by atoms with Gasteiger partial charge >= 0.3 is 0 Å². The SMILES string of the molecule is C[C@H](N)c1ccc(Sc2ncco2)c(F)c1. The van der Waals surface area contributed by atoms with Crippen LogP contribution < -0.4 is 5.73 Å². The summed E-state index contributed by atoms with van der Waals surface area (Å²) in [5.41, 5.74) is 6.44. The fourth-order valence-electron chi connectivity index (χ4n) is 1.24. The maximum Gasteiger partial charge on any atom is 0.260 e. The Morgan fingerprint density at radius 1 is 1.50 bits per heavy atom. The first-order chi connectivity index (χ1) is 7.66. The summed E-state index contributed by atoms with van der Waals surface area (Å²) in [6.45, 7) is 1.82. The van der Waals surface area contributed by atoms with Crippen LogP contribution in [0.5, 0.6) is 0 Å². The van der Waals surface area contributed by atoms with E-state index in [1.54, 1.807) is 12.1 Å². The van der Waals surface area contributed by atoms with Gasteiger partial charge in [-0.1, -0.05) is 6.07 Å². The summed E-state index contributed by atoms with van der Waals surface area (Å²) >= 11 is 1.15. The first kappa shape index (κ1) is 11.2. The van der Waals surface area contributed by atoms with Crippen molar-refractivity contribution < 1.29 is 8.81 Å². The molecule has 1 aromatic carbocycles. The minimum atomic E-state index is -0.307. The molecular weight excluding hydrogens is 227 g/mol. The van der Waals surface area contributed by atoms with Gasteiger partial charge in [-0.15, -0.1) is 0 Å². The van der Waals surface area contributed by atoms with Gasteiger partial charge in [-0.25, -0.2) is 9.37 Å². The van der Waals surface area contributed by atoms with Crippen molar-refractivity contribution in [2.45, 2.75) is 23.1 Å². The standard InChI is InChI=1S/C11H11FN2OS/c1-7(13)8-2-3-10(9(12)6-8)16-11-14-4-5-15-11/h2-7H,13H2,1H3/t7-/m0/s1. The number of rotatable bonds is 3. The molecule has 0 saturated heterocycles. The van der Waals surface area contributed by atoms with E-state index >= 15 is 0 Å². The van der Waals surface area contributed by atoms with Crippen LogP contribution in [-0.2, 0) is 0 Å². The number of oxazole rings is 1. The van der Waals surface area contributed by atoms with Crippen molar-refractivity contribution in [2.75, 3.05) is 0 Å². The van der Waals surface area contributed by atoms with Crippen molar-refractivity contribution in [2.24, 2.45) is 5.73 Å². The minimum absolute atomic E-state index is 0.171. The van der Waals surface area contributed by atoms with Crippen LogP contribution in [0.4, 0.5) is 4.39 Å². The summed E-state index contributed by atoms with van der Waals surface area (Å²) < 4.78 is 18.7. The van der Waals surface area contributed by atoms with Crippen LogP contribution in [0, 0.1) is 5.82 Å². The number of hydrogen-bond acceptors (Lipinski definition) is 4. The van der Waals surface area contributed by atoms with Crippen molar-refractivity contribution in [1.82, 2.24) is 4.98 Å². The summed E-state index contributed by atoms with van der Waals surface area (Å²) in [4.78, 5) is 4.39. The molecule has 2 rings (SSSR count). The van der Waals surface area contributed by atoms with Crippen molar-refractivity contribution in [3.63, 3.8) is 0 Å². The van der Waals surface area contributed by atoms with Crippen LogP contribution in [0.2, 0.25) is 0 Å². The lowest BCUT2D eigenvalue weighted by atomic mass is 10.1. The van der Waals surface area contributed by atoms with Crippen LogP contribution in [0.15, 0.2) is 45.2 Å². The average Bonchev–Trinajstić information content (AvgIpc) is 2.73. The fraction of sp³-hybridized carbons (Fsp3) is 0.182. The molecule has 0 saturated carbocycles. The maximum atomic E-state index is 13.7. The third kappa shape index (κ3) is 2.43. The van der Waals surface area contributed by atoms with E-state index in [4.69, 9.17) is 10.2 Å². The molecule has 1 heterocycles. The van der Waals surface area contributed by atoms with Gasteiger partial charge < -0.3 is 10.2 Å². The van der Waals surface area contributed by atoms with Crippen molar-refractivity contribution >= 4 is 11.8 Å². The monoisotopic (exact) mass is 238 g/mol. The van der Waals surface area contributed by atoms with Gasteiger partial charge in [-0.2, -0.15) is 0 Å². The molecule has 2 N–H and O–H groups in total. The van der Waals surface area contributed by atoms with E-state index in [0.29, 0.717) is 10.1 Å².